The van der Waals surface area contributed by atoms with Crippen molar-refractivity contribution in [1.29, 1.82) is 0 Å². The van der Waals surface area contributed by atoms with E-state index in [0.717, 1.165) is 6.42 Å². The molecular formula is C7H17NO2. The number of aliphatic hydroxyl groups is 2. The maximum absolute atomic E-state index is 8.74. The van der Waals surface area contributed by atoms with Crippen molar-refractivity contribution in [3.63, 3.8) is 0 Å². The molecule has 4 N–H and O–H groups in total. The number of hydrogen-bond donors (Lipinski definition) is 3. The van der Waals surface area contributed by atoms with Crippen molar-refractivity contribution in [1.82, 2.24) is 0 Å². The van der Waals surface area contributed by atoms with Gasteiger partial charge in [-0.25, -0.2) is 0 Å². The fourth-order valence-electron chi connectivity index (χ4n) is 0.945. The van der Waals surface area contributed by atoms with Crippen LogP contribution >= 0.6 is 0 Å². The fourth-order valence-corrected chi connectivity index (χ4v) is 0.945. The van der Waals surface area contributed by atoms with Crippen LogP contribution in [0.25, 0.3) is 0 Å². The smallest absolute Gasteiger partial charge is 0.155 e. The van der Waals surface area contributed by atoms with Crippen molar-refractivity contribution in [3.8, 4) is 0 Å². The van der Waals surface area contributed by atoms with E-state index in [0.29, 0.717) is 12.5 Å². The highest BCUT2D eigenvalue weighted by Gasteiger charge is 2.15. The van der Waals surface area contributed by atoms with Crippen LogP contribution < -0.4 is 5.73 Å². The predicted octanol–water partition coefficient (Wildman–Crippen LogP) is -0.0819. The third-order valence-electron chi connectivity index (χ3n) is 1.50. The molecule has 0 aliphatic rings. The minimum atomic E-state index is -1.26. The van der Waals surface area contributed by atoms with E-state index in [1.54, 1.807) is 0 Å². The average molecular weight is 147 g/mol. The molecule has 10 heavy (non-hydrogen) atoms. The molecule has 0 radical (unpaired) electrons. The summed E-state index contributed by atoms with van der Waals surface area (Å²) < 4.78 is 0. The summed E-state index contributed by atoms with van der Waals surface area (Å²) in [5, 5.41) is 17.5. The molecule has 3 nitrogen and oxygen atoms in total. The second-order valence-electron chi connectivity index (χ2n) is 3.04. The third-order valence-corrected chi connectivity index (χ3v) is 1.50. The van der Waals surface area contributed by atoms with Gasteiger partial charge in [0.25, 0.3) is 0 Å². The molecule has 0 spiro atoms. The van der Waals surface area contributed by atoms with E-state index >= 15 is 0 Å². The van der Waals surface area contributed by atoms with Gasteiger partial charge in [0.05, 0.1) is 0 Å². The summed E-state index contributed by atoms with van der Waals surface area (Å²) in [6.07, 6.45) is -0.485. The van der Waals surface area contributed by atoms with Gasteiger partial charge in [-0.3, -0.25) is 0 Å². The van der Waals surface area contributed by atoms with E-state index < -0.39 is 6.29 Å². The Bertz CT molecular complexity index is 83.7. The Morgan fingerprint density at radius 3 is 1.90 bits per heavy atom. The van der Waals surface area contributed by atoms with Gasteiger partial charge in [0, 0.05) is 5.92 Å². The van der Waals surface area contributed by atoms with Crippen molar-refractivity contribution in [2.24, 2.45) is 17.6 Å². The first-order chi connectivity index (χ1) is 4.57. The van der Waals surface area contributed by atoms with Crippen LogP contribution in [0.15, 0.2) is 0 Å². The molecule has 0 aliphatic heterocycles. The number of hydrogen-bond acceptors (Lipinski definition) is 3. The zero-order valence-electron chi connectivity index (χ0n) is 6.62. The van der Waals surface area contributed by atoms with Gasteiger partial charge < -0.3 is 15.9 Å². The van der Waals surface area contributed by atoms with Gasteiger partial charge in [-0.05, 0) is 18.9 Å². The molecule has 0 rings (SSSR count). The Labute approximate surface area is 61.9 Å². The lowest BCUT2D eigenvalue weighted by atomic mass is 9.97. The first kappa shape index (κ1) is 9.88. The van der Waals surface area contributed by atoms with Crippen molar-refractivity contribution < 1.29 is 10.2 Å². The highest BCUT2D eigenvalue weighted by atomic mass is 16.5. The van der Waals surface area contributed by atoms with Crippen molar-refractivity contribution >= 4 is 0 Å². The fraction of sp³-hybridized carbons (Fsp3) is 1.00. The summed E-state index contributed by atoms with van der Waals surface area (Å²) in [7, 11) is 0. The largest absolute Gasteiger partial charge is 0.368 e. The predicted molar refractivity (Wildman–Crippen MR) is 40.2 cm³/mol. The quantitative estimate of drug-likeness (QED) is 0.487. The highest BCUT2D eigenvalue weighted by Crippen LogP contribution is 2.12. The molecule has 62 valence electrons. The Hall–Kier alpha value is -0.120. The van der Waals surface area contributed by atoms with Gasteiger partial charge in [0.1, 0.15) is 0 Å². The van der Waals surface area contributed by atoms with Crippen molar-refractivity contribution in [2.45, 2.75) is 26.6 Å². The molecular weight excluding hydrogens is 130 g/mol. The maximum Gasteiger partial charge on any atom is 0.155 e. The molecule has 0 bridgehead atoms. The topological polar surface area (TPSA) is 66.5 Å². The summed E-state index contributed by atoms with van der Waals surface area (Å²) >= 11 is 0. The van der Waals surface area contributed by atoms with E-state index in [4.69, 9.17) is 15.9 Å². The maximum atomic E-state index is 8.74. The number of rotatable bonds is 4. The van der Waals surface area contributed by atoms with Crippen LogP contribution in [0.1, 0.15) is 20.3 Å². The zero-order chi connectivity index (χ0) is 8.15. The first-order valence-electron chi connectivity index (χ1n) is 3.64. The van der Waals surface area contributed by atoms with Crippen LogP contribution in [0, 0.1) is 11.8 Å². The second kappa shape index (κ2) is 4.66. The monoisotopic (exact) mass is 147 g/mol. The summed E-state index contributed by atoms with van der Waals surface area (Å²) in [5.74, 6) is 0.301. The Morgan fingerprint density at radius 2 is 1.80 bits per heavy atom. The van der Waals surface area contributed by atoms with Gasteiger partial charge in [0.15, 0.2) is 6.29 Å². The van der Waals surface area contributed by atoms with Crippen LogP contribution in [0.2, 0.25) is 0 Å². The second-order valence-corrected chi connectivity index (χ2v) is 3.04. The van der Waals surface area contributed by atoms with Crippen LogP contribution in [0.4, 0.5) is 0 Å². The average Bonchev–Trinajstić information content (AvgIpc) is 1.81. The Kier molecular flexibility index (Phi) is 4.60. The molecule has 0 fully saturated rings. The molecule has 0 aromatic heterocycles. The molecule has 0 saturated heterocycles. The normalized spacial score (nSPS) is 14.7. The molecule has 3 heteroatoms. The first-order valence-corrected chi connectivity index (χ1v) is 3.64. The minimum absolute atomic E-state index is 0.167. The molecule has 0 aromatic rings. The van der Waals surface area contributed by atoms with Gasteiger partial charge in [-0.1, -0.05) is 13.8 Å². The van der Waals surface area contributed by atoms with E-state index in [9.17, 15) is 0 Å². The van der Waals surface area contributed by atoms with E-state index in [-0.39, 0.29) is 5.92 Å². The molecule has 1 unspecified atom stereocenters. The number of nitrogens with two attached hydrogens (primary N) is 1. The van der Waals surface area contributed by atoms with Gasteiger partial charge in [-0.2, -0.15) is 0 Å². The third kappa shape index (κ3) is 3.82. The van der Waals surface area contributed by atoms with Crippen LogP contribution in [-0.4, -0.2) is 23.0 Å². The zero-order valence-corrected chi connectivity index (χ0v) is 6.62. The highest BCUT2D eigenvalue weighted by molar-refractivity contribution is 4.63. The van der Waals surface area contributed by atoms with Gasteiger partial charge >= 0.3 is 0 Å². The van der Waals surface area contributed by atoms with Crippen molar-refractivity contribution in [2.75, 3.05) is 6.54 Å². The van der Waals surface area contributed by atoms with E-state index in [1.807, 2.05) is 13.8 Å². The van der Waals surface area contributed by atoms with Crippen LogP contribution in [-0.2, 0) is 0 Å². The SMILES string of the molecule is CC(C)CC(CN)C(O)O. The lowest BCUT2D eigenvalue weighted by Gasteiger charge is -2.18. The minimum Gasteiger partial charge on any atom is -0.368 e. The number of aliphatic hydroxyl groups excluding tert-OH is 1. The van der Waals surface area contributed by atoms with Crippen molar-refractivity contribution in [3.05, 3.63) is 0 Å². The van der Waals surface area contributed by atoms with Gasteiger partial charge in [-0.15, -0.1) is 0 Å². The molecule has 1 atom stereocenters. The molecule has 0 aliphatic carbocycles. The van der Waals surface area contributed by atoms with Crippen LogP contribution in [0.3, 0.4) is 0 Å². The Morgan fingerprint density at radius 1 is 1.30 bits per heavy atom. The molecule has 0 aromatic carbocycles. The summed E-state index contributed by atoms with van der Waals surface area (Å²) in [6.45, 7) is 4.41. The summed E-state index contributed by atoms with van der Waals surface area (Å²) in [4.78, 5) is 0. The summed E-state index contributed by atoms with van der Waals surface area (Å²) in [5.41, 5.74) is 5.30. The Balaban J connectivity index is 3.60. The standard InChI is InChI=1S/C7H17NO2/c1-5(2)3-6(4-8)7(9)10/h5-7,9-10H,3-4,8H2,1-2H3. The van der Waals surface area contributed by atoms with E-state index in [1.165, 1.54) is 0 Å². The lowest BCUT2D eigenvalue weighted by Crippen LogP contribution is -2.28. The lowest BCUT2D eigenvalue weighted by molar-refractivity contribution is -0.0856. The van der Waals surface area contributed by atoms with Gasteiger partial charge in [0.2, 0.25) is 0 Å². The van der Waals surface area contributed by atoms with Crippen LogP contribution in [0.5, 0.6) is 0 Å². The molecule has 0 amide bonds. The van der Waals surface area contributed by atoms with E-state index in [2.05, 4.69) is 0 Å². The summed E-state index contributed by atoms with van der Waals surface area (Å²) in [6, 6.07) is 0. The molecule has 0 saturated carbocycles. The molecule has 0 heterocycles.